The first kappa shape index (κ1) is 19.7. The fourth-order valence-corrected chi connectivity index (χ4v) is 5.40. The van der Waals surface area contributed by atoms with E-state index < -0.39 is 10.0 Å². The highest BCUT2D eigenvalue weighted by Crippen LogP contribution is 2.36. The average Bonchev–Trinajstić information content (AvgIpc) is 3.39. The molecule has 0 spiro atoms. The van der Waals surface area contributed by atoms with Gasteiger partial charge in [-0.1, -0.05) is 16.8 Å². The van der Waals surface area contributed by atoms with Crippen molar-refractivity contribution in [3.8, 4) is 11.5 Å². The molecular formula is C18H15ClN2O6S2. The lowest BCUT2D eigenvalue weighted by Gasteiger charge is -2.09. The van der Waals surface area contributed by atoms with Gasteiger partial charge in [-0.25, -0.2) is 13.1 Å². The number of hydrogen-bond donors (Lipinski definition) is 1. The fourth-order valence-electron chi connectivity index (χ4n) is 2.84. The van der Waals surface area contributed by atoms with Crippen LogP contribution in [0.5, 0.6) is 11.5 Å². The first-order valence-corrected chi connectivity index (χ1v) is 11.1. The zero-order valence-corrected chi connectivity index (χ0v) is 17.7. The Morgan fingerprint density at radius 1 is 1.28 bits per heavy atom. The summed E-state index contributed by atoms with van der Waals surface area (Å²) >= 11 is 7.03. The number of ketones is 1. The number of nitrogens with one attached hydrogen (secondary N) is 1. The van der Waals surface area contributed by atoms with Crippen molar-refractivity contribution in [2.24, 2.45) is 0 Å². The van der Waals surface area contributed by atoms with Crippen LogP contribution in [-0.4, -0.2) is 26.2 Å². The van der Waals surface area contributed by atoms with E-state index in [9.17, 15) is 13.2 Å². The number of fused-ring (bicyclic) bond motifs is 1. The van der Waals surface area contributed by atoms with E-state index in [1.165, 1.54) is 6.07 Å². The SMILES string of the molecule is Cc1cc2c(cc1CC(=O)c1sccc1S(=O)(=O)N[13c]1on[13c]([13CH3])[13c]1Cl)OCO2. The maximum atomic E-state index is 12.9. The Hall–Kier alpha value is -2.56. The van der Waals surface area contributed by atoms with E-state index in [2.05, 4.69) is 9.88 Å². The second kappa shape index (κ2) is 7.36. The molecule has 0 aliphatic carbocycles. The number of rotatable bonds is 6. The van der Waals surface area contributed by atoms with Gasteiger partial charge in [-0.3, -0.25) is 4.79 Å². The molecule has 0 saturated carbocycles. The first-order valence-electron chi connectivity index (χ1n) is 8.40. The number of hydrogen-bond acceptors (Lipinski definition) is 8. The summed E-state index contributed by atoms with van der Waals surface area (Å²) in [5.41, 5.74) is 1.94. The minimum absolute atomic E-state index is 0.0215. The molecule has 1 aliphatic heterocycles. The van der Waals surface area contributed by atoms with Crippen LogP contribution in [0.2, 0.25) is 5.02 Å². The van der Waals surface area contributed by atoms with Crippen LogP contribution in [-0.2, 0) is 16.4 Å². The van der Waals surface area contributed by atoms with Crippen molar-refractivity contribution >= 4 is 44.6 Å². The number of aromatic nitrogens is 1. The number of carbonyl (C=O) groups is 1. The molecule has 11 heteroatoms. The predicted molar refractivity (Wildman–Crippen MR) is 107 cm³/mol. The Morgan fingerprint density at radius 2 is 2.00 bits per heavy atom. The van der Waals surface area contributed by atoms with Crippen molar-refractivity contribution in [3.63, 3.8) is 0 Å². The molecule has 2 aromatic heterocycles. The lowest BCUT2D eigenvalue weighted by molar-refractivity contribution is 0.0994. The van der Waals surface area contributed by atoms with Crippen molar-refractivity contribution in [3.05, 3.63) is 50.3 Å². The molecule has 0 saturated heterocycles. The molecule has 0 fully saturated rings. The Kier molecular flexibility index (Phi) is 5.01. The maximum absolute atomic E-state index is 12.9. The summed E-state index contributed by atoms with van der Waals surface area (Å²) in [7, 11) is -4.09. The normalized spacial score (nSPS) is 12.9. The van der Waals surface area contributed by atoms with Gasteiger partial charge in [0.2, 0.25) is 6.79 Å². The highest BCUT2D eigenvalue weighted by Gasteiger charge is 2.27. The summed E-state index contributed by atoms with van der Waals surface area (Å²) in [5, 5.41) is 5.22. The van der Waals surface area contributed by atoms with Crippen LogP contribution in [0.4, 0.5) is 5.88 Å². The van der Waals surface area contributed by atoms with Gasteiger partial charge in [-0.05, 0) is 48.6 Å². The number of anilines is 1. The number of carbonyl (C=O) groups excluding carboxylic acids is 1. The van der Waals surface area contributed by atoms with E-state index >= 15 is 0 Å². The largest absolute Gasteiger partial charge is 0.454 e. The van der Waals surface area contributed by atoms with Crippen LogP contribution in [0, 0.1) is 13.8 Å². The molecule has 3 heterocycles. The molecule has 0 radical (unpaired) electrons. The molecule has 0 amide bonds. The monoisotopic (exact) mass is 458 g/mol. The van der Waals surface area contributed by atoms with E-state index in [1.807, 2.05) is 6.92 Å². The van der Waals surface area contributed by atoms with Crippen molar-refractivity contribution in [2.45, 2.75) is 25.2 Å². The Balaban J connectivity index is 1.60. The summed E-state index contributed by atoms with van der Waals surface area (Å²) in [5.74, 6) is 0.665. The summed E-state index contributed by atoms with van der Waals surface area (Å²) in [6.07, 6.45) is 0.0215. The van der Waals surface area contributed by atoms with Gasteiger partial charge in [0.1, 0.15) is 15.6 Å². The van der Waals surface area contributed by atoms with Gasteiger partial charge in [-0.15, -0.1) is 11.3 Å². The maximum Gasteiger partial charge on any atom is 0.265 e. The molecule has 0 unspecified atom stereocenters. The lowest BCUT2D eigenvalue weighted by Crippen LogP contribution is -2.16. The van der Waals surface area contributed by atoms with Gasteiger partial charge in [0, 0.05) is 6.42 Å². The summed E-state index contributed by atoms with van der Waals surface area (Å²) in [6, 6.07) is 4.91. The summed E-state index contributed by atoms with van der Waals surface area (Å²) in [6.45, 7) is 3.57. The number of aryl methyl sites for hydroxylation is 2. The van der Waals surface area contributed by atoms with Gasteiger partial charge in [-0.2, -0.15) is 0 Å². The molecule has 1 aromatic carbocycles. The van der Waals surface area contributed by atoms with Crippen molar-refractivity contribution in [1.29, 1.82) is 0 Å². The number of thiophene rings is 1. The summed E-state index contributed by atoms with van der Waals surface area (Å²) in [4.78, 5) is 12.9. The number of sulfonamides is 1. The first-order chi connectivity index (χ1) is 13.8. The predicted octanol–water partition coefficient (Wildman–Crippen LogP) is 3.96. The van der Waals surface area contributed by atoms with Gasteiger partial charge in [0.15, 0.2) is 17.3 Å². The highest BCUT2D eigenvalue weighted by molar-refractivity contribution is 7.93. The smallest absolute Gasteiger partial charge is 0.265 e. The molecular weight excluding hydrogens is 444 g/mol. The van der Waals surface area contributed by atoms with E-state index in [-0.39, 0.29) is 39.7 Å². The molecule has 1 aliphatic rings. The van der Waals surface area contributed by atoms with E-state index in [1.54, 1.807) is 24.4 Å². The Labute approximate surface area is 175 Å². The van der Waals surface area contributed by atoms with E-state index in [0.29, 0.717) is 17.2 Å². The fraction of sp³-hybridized carbons (Fsp3) is 0.222. The van der Waals surface area contributed by atoms with Crippen molar-refractivity contribution < 1.29 is 27.2 Å². The number of benzene rings is 1. The second-order valence-electron chi connectivity index (χ2n) is 6.36. The zero-order chi connectivity index (χ0) is 20.8. The van der Waals surface area contributed by atoms with Crippen LogP contribution in [0.1, 0.15) is 26.5 Å². The summed E-state index contributed by atoms with van der Waals surface area (Å²) < 4.78 is 43.4. The molecule has 0 atom stereocenters. The lowest BCUT2D eigenvalue weighted by atomic mass is 10.0. The third-order valence-corrected chi connectivity index (χ3v) is 7.28. The minimum Gasteiger partial charge on any atom is -0.454 e. The average molecular weight is 459 g/mol. The Morgan fingerprint density at radius 3 is 2.69 bits per heavy atom. The van der Waals surface area contributed by atoms with Gasteiger partial charge in [0.25, 0.3) is 15.9 Å². The highest BCUT2D eigenvalue weighted by atomic mass is 35.5. The van der Waals surface area contributed by atoms with Gasteiger partial charge in [0.05, 0.1) is 4.88 Å². The number of ether oxygens (including phenoxy) is 2. The van der Waals surface area contributed by atoms with Crippen LogP contribution >= 0.6 is 22.9 Å². The second-order valence-corrected chi connectivity index (χ2v) is 9.31. The molecule has 0 bridgehead atoms. The topological polar surface area (TPSA) is 108 Å². The van der Waals surface area contributed by atoms with Crippen molar-refractivity contribution in [2.75, 3.05) is 11.5 Å². The third kappa shape index (κ3) is 3.70. The molecule has 152 valence electrons. The zero-order valence-electron chi connectivity index (χ0n) is 15.3. The van der Waals surface area contributed by atoms with E-state index in [4.69, 9.17) is 25.6 Å². The van der Waals surface area contributed by atoms with E-state index in [0.717, 1.165) is 22.5 Å². The number of halogens is 1. The molecule has 8 nitrogen and oxygen atoms in total. The number of nitrogens with zero attached hydrogens (tertiary/aromatic N) is 1. The standard InChI is InChI=1S/C18H15ClN2O6S2/c1-9-5-13-14(26-8-25-13)7-11(9)6-12(22)17-15(3-4-28-17)29(23,24)21-18-16(19)10(2)20-27-18/h3-5,7,21H,6,8H2,1-2H3/i2+1,10+1,16+1,18+1. The van der Waals surface area contributed by atoms with Crippen LogP contribution < -0.4 is 14.2 Å². The molecule has 3 aromatic rings. The van der Waals surface area contributed by atoms with Crippen LogP contribution in [0.25, 0.3) is 0 Å². The van der Waals surface area contributed by atoms with Crippen LogP contribution in [0.15, 0.2) is 33.0 Å². The molecule has 4 rings (SSSR count). The molecule has 29 heavy (non-hydrogen) atoms. The molecule has 1 N–H and O–H groups in total. The van der Waals surface area contributed by atoms with Gasteiger partial charge < -0.3 is 14.0 Å². The van der Waals surface area contributed by atoms with Crippen molar-refractivity contribution in [1.82, 2.24) is 5.16 Å². The third-order valence-electron chi connectivity index (χ3n) is 4.37. The van der Waals surface area contributed by atoms with Crippen LogP contribution in [0.3, 0.4) is 0 Å². The minimum atomic E-state index is -4.09. The van der Waals surface area contributed by atoms with Gasteiger partial charge >= 0.3 is 0 Å². The number of Topliss-reactive ketones (excluding diaryl/α,β-unsaturated/α-hetero) is 1. The quantitative estimate of drug-likeness (QED) is 0.440. The Bertz CT molecular complexity index is 1220.